The molecule has 8 heteroatoms. The van der Waals surface area contributed by atoms with Gasteiger partial charge in [-0.3, -0.25) is 9.69 Å². The maximum absolute atomic E-state index is 12.7. The molecule has 2 rings (SSSR count). The molecule has 1 amide bonds. The summed E-state index contributed by atoms with van der Waals surface area (Å²) in [7, 11) is -4.56. The van der Waals surface area contributed by atoms with E-state index in [2.05, 4.69) is 5.10 Å². The lowest BCUT2D eigenvalue weighted by atomic mass is 10.1. The van der Waals surface area contributed by atoms with E-state index in [4.69, 9.17) is 0 Å². The van der Waals surface area contributed by atoms with Crippen LogP contribution in [0.25, 0.3) is 0 Å². The van der Waals surface area contributed by atoms with Crippen molar-refractivity contribution in [2.45, 2.75) is 32.7 Å². The van der Waals surface area contributed by atoms with Crippen LogP contribution >= 0.6 is 0 Å². The molecule has 0 aromatic carbocycles. The minimum atomic E-state index is -4.56. The van der Waals surface area contributed by atoms with Gasteiger partial charge in [0.25, 0.3) is 0 Å². The standard InChI is InChI=1S/C12H18FN3O3S/c1-3-9(2)16-11(4-5-14-16)15-7-10(6-12(15)17)8-20(13,18)19/h4-5,9-10H,3,6-8H2,1-2H3. The molecule has 6 nitrogen and oxygen atoms in total. The zero-order chi connectivity index (χ0) is 14.9. The average molecular weight is 303 g/mol. The zero-order valence-electron chi connectivity index (χ0n) is 11.5. The Balaban J connectivity index is 2.18. The highest BCUT2D eigenvalue weighted by atomic mass is 32.3. The van der Waals surface area contributed by atoms with Crippen LogP contribution in [0, 0.1) is 5.92 Å². The van der Waals surface area contributed by atoms with Crippen molar-refractivity contribution in [1.29, 1.82) is 0 Å². The minimum Gasteiger partial charge on any atom is -0.297 e. The number of anilines is 1. The first-order chi connectivity index (χ1) is 9.31. The molecule has 1 aliphatic heterocycles. The van der Waals surface area contributed by atoms with Gasteiger partial charge in [-0.25, -0.2) is 4.68 Å². The number of amides is 1. The van der Waals surface area contributed by atoms with Crippen molar-refractivity contribution in [3.8, 4) is 0 Å². The summed E-state index contributed by atoms with van der Waals surface area (Å²) in [6, 6.07) is 1.85. The predicted octanol–water partition coefficient (Wildman–Crippen LogP) is 1.51. The molecule has 1 fully saturated rings. The number of halogens is 1. The summed E-state index contributed by atoms with van der Waals surface area (Å²) in [5.41, 5.74) is 0. The van der Waals surface area contributed by atoms with Gasteiger partial charge in [0.1, 0.15) is 5.82 Å². The Morgan fingerprint density at radius 3 is 2.85 bits per heavy atom. The zero-order valence-corrected chi connectivity index (χ0v) is 12.3. The quantitative estimate of drug-likeness (QED) is 0.773. The molecular formula is C12H18FN3O3S. The summed E-state index contributed by atoms with van der Waals surface area (Å²) in [5.74, 6) is -0.656. The molecule has 0 N–H and O–H groups in total. The summed E-state index contributed by atoms with van der Waals surface area (Å²) >= 11 is 0. The number of carbonyl (C=O) groups excluding carboxylic acids is 1. The Morgan fingerprint density at radius 2 is 2.25 bits per heavy atom. The molecule has 1 saturated heterocycles. The van der Waals surface area contributed by atoms with E-state index in [1.54, 1.807) is 16.9 Å². The van der Waals surface area contributed by atoms with Gasteiger partial charge in [-0.2, -0.15) is 13.5 Å². The second-order valence-corrected chi connectivity index (χ2v) is 6.58. The Morgan fingerprint density at radius 1 is 1.55 bits per heavy atom. The molecule has 1 aliphatic rings. The highest BCUT2D eigenvalue weighted by Crippen LogP contribution is 2.28. The lowest BCUT2D eigenvalue weighted by molar-refractivity contribution is -0.117. The number of carbonyl (C=O) groups is 1. The summed E-state index contributed by atoms with van der Waals surface area (Å²) in [4.78, 5) is 13.5. The van der Waals surface area contributed by atoms with Crippen molar-refractivity contribution >= 4 is 21.9 Å². The van der Waals surface area contributed by atoms with E-state index in [9.17, 15) is 17.1 Å². The van der Waals surface area contributed by atoms with Crippen LogP contribution in [0.3, 0.4) is 0 Å². The van der Waals surface area contributed by atoms with Gasteiger partial charge in [-0.1, -0.05) is 6.92 Å². The molecule has 20 heavy (non-hydrogen) atoms. The van der Waals surface area contributed by atoms with Gasteiger partial charge in [0.15, 0.2) is 0 Å². The second kappa shape index (κ2) is 5.51. The predicted molar refractivity (Wildman–Crippen MR) is 72.6 cm³/mol. The molecule has 1 aromatic heterocycles. The van der Waals surface area contributed by atoms with Gasteiger partial charge in [-0.15, -0.1) is 3.89 Å². The van der Waals surface area contributed by atoms with Gasteiger partial charge in [0.05, 0.1) is 18.0 Å². The summed E-state index contributed by atoms with van der Waals surface area (Å²) < 4.78 is 35.9. The summed E-state index contributed by atoms with van der Waals surface area (Å²) in [5, 5.41) is 4.20. The maximum Gasteiger partial charge on any atom is 0.302 e. The number of nitrogens with zero attached hydrogens (tertiary/aromatic N) is 3. The minimum absolute atomic E-state index is 0.0504. The molecule has 0 saturated carbocycles. The fraction of sp³-hybridized carbons (Fsp3) is 0.667. The Bertz CT molecular complexity index is 599. The lowest BCUT2D eigenvalue weighted by Crippen LogP contribution is -2.28. The molecule has 0 radical (unpaired) electrons. The van der Waals surface area contributed by atoms with Crippen molar-refractivity contribution in [2.75, 3.05) is 17.2 Å². The monoisotopic (exact) mass is 303 g/mol. The van der Waals surface area contributed by atoms with Crippen molar-refractivity contribution in [3.05, 3.63) is 12.3 Å². The topological polar surface area (TPSA) is 72.3 Å². The molecule has 2 heterocycles. The molecule has 1 aromatic rings. The fourth-order valence-corrected chi connectivity index (χ4v) is 3.22. The Hall–Kier alpha value is -1.44. The van der Waals surface area contributed by atoms with E-state index >= 15 is 0 Å². The molecule has 0 spiro atoms. The Labute approximate surface area is 117 Å². The van der Waals surface area contributed by atoms with Crippen LogP contribution in [0.5, 0.6) is 0 Å². The molecule has 0 aliphatic carbocycles. The summed E-state index contributed by atoms with van der Waals surface area (Å²) in [6.07, 6.45) is 2.52. The van der Waals surface area contributed by atoms with Gasteiger partial charge < -0.3 is 0 Å². The number of hydrogen-bond donors (Lipinski definition) is 0. The third-order valence-electron chi connectivity index (χ3n) is 3.57. The smallest absolute Gasteiger partial charge is 0.297 e. The SMILES string of the molecule is CCC(C)n1nccc1N1CC(CS(=O)(=O)F)CC1=O. The first-order valence-corrected chi connectivity index (χ1v) is 8.13. The van der Waals surface area contributed by atoms with Crippen LogP contribution in [0.15, 0.2) is 12.3 Å². The normalized spacial score (nSPS) is 21.4. The van der Waals surface area contributed by atoms with E-state index in [1.807, 2.05) is 13.8 Å². The molecule has 2 atom stereocenters. The maximum atomic E-state index is 12.7. The largest absolute Gasteiger partial charge is 0.302 e. The van der Waals surface area contributed by atoms with Gasteiger partial charge in [0, 0.05) is 24.9 Å². The van der Waals surface area contributed by atoms with Gasteiger partial charge in [0.2, 0.25) is 5.91 Å². The first kappa shape index (κ1) is 15.0. The van der Waals surface area contributed by atoms with Crippen LogP contribution in [0.1, 0.15) is 32.7 Å². The summed E-state index contributed by atoms with van der Waals surface area (Å²) in [6.45, 7) is 4.21. The van der Waals surface area contributed by atoms with Crippen LogP contribution in [-0.2, 0) is 15.0 Å². The van der Waals surface area contributed by atoms with E-state index in [0.29, 0.717) is 5.82 Å². The van der Waals surface area contributed by atoms with Crippen LogP contribution in [0.2, 0.25) is 0 Å². The van der Waals surface area contributed by atoms with Crippen LogP contribution in [-0.4, -0.2) is 36.4 Å². The fourth-order valence-electron chi connectivity index (χ4n) is 2.43. The molecule has 112 valence electrons. The van der Waals surface area contributed by atoms with E-state index in [0.717, 1.165) is 6.42 Å². The molecule has 2 unspecified atom stereocenters. The average Bonchev–Trinajstić information content (AvgIpc) is 2.92. The number of rotatable bonds is 5. The third-order valence-corrected chi connectivity index (χ3v) is 4.44. The van der Waals surface area contributed by atoms with Gasteiger partial charge >= 0.3 is 10.2 Å². The van der Waals surface area contributed by atoms with Crippen LogP contribution in [0.4, 0.5) is 9.70 Å². The van der Waals surface area contributed by atoms with Crippen molar-refractivity contribution in [2.24, 2.45) is 5.92 Å². The molecular weight excluding hydrogens is 285 g/mol. The highest BCUT2D eigenvalue weighted by Gasteiger charge is 2.35. The van der Waals surface area contributed by atoms with E-state index < -0.39 is 21.9 Å². The van der Waals surface area contributed by atoms with E-state index in [1.165, 1.54) is 4.90 Å². The third kappa shape index (κ3) is 3.17. The van der Waals surface area contributed by atoms with Gasteiger partial charge in [-0.05, 0) is 13.3 Å². The molecule has 0 bridgehead atoms. The van der Waals surface area contributed by atoms with Crippen molar-refractivity contribution in [3.63, 3.8) is 0 Å². The second-order valence-electron chi connectivity index (χ2n) is 5.17. The first-order valence-electron chi connectivity index (χ1n) is 6.58. The van der Waals surface area contributed by atoms with Crippen molar-refractivity contribution in [1.82, 2.24) is 9.78 Å². The highest BCUT2D eigenvalue weighted by molar-refractivity contribution is 7.86. The number of aromatic nitrogens is 2. The Kier molecular flexibility index (Phi) is 4.12. The van der Waals surface area contributed by atoms with E-state index in [-0.39, 0.29) is 24.9 Å². The number of hydrogen-bond acceptors (Lipinski definition) is 4. The van der Waals surface area contributed by atoms with Crippen molar-refractivity contribution < 1.29 is 17.1 Å². The van der Waals surface area contributed by atoms with Crippen LogP contribution < -0.4 is 4.90 Å². The lowest BCUT2D eigenvalue weighted by Gasteiger charge is -2.21.